The van der Waals surface area contributed by atoms with Crippen LogP contribution in [0.4, 0.5) is 8.78 Å². The second-order valence-electron chi connectivity index (χ2n) is 5.27. The average molecular weight is 271 g/mol. The van der Waals surface area contributed by atoms with Gasteiger partial charge in [-0.25, -0.2) is 8.78 Å². The maximum atomic E-state index is 13.5. The molecule has 2 N–H and O–H groups in total. The number of halogens is 2. The summed E-state index contributed by atoms with van der Waals surface area (Å²) in [6.07, 6.45) is -0.686. The van der Waals surface area contributed by atoms with Gasteiger partial charge in [0.25, 0.3) is 0 Å². The molecular weight excluding hydrogens is 252 g/mol. The van der Waals surface area contributed by atoms with Crippen molar-refractivity contribution in [2.24, 2.45) is 5.92 Å². The molecule has 5 heteroatoms. The fraction of sp³-hybridized carbons (Fsp3) is 0.571. The number of β-amino-alcohol motifs (C(OH)–C–C–N with tert-alkyl or cyclic N) is 2. The molecule has 0 radical (unpaired) electrons. The van der Waals surface area contributed by atoms with E-state index < -0.39 is 23.8 Å². The van der Waals surface area contributed by atoms with Gasteiger partial charge in [-0.15, -0.1) is 0 Å². The third-order valence-corrected chi connectivity index (χ3v) is 3.75. The molecule has 1 fully saturated rings. The second-order valence-corrected chi connectivity index (χ2v) is 5.27. The van der Waals surface area contributed by atoms with Gasteiger partial charge in [0.15, 0.2) is 0 Å². The van der Waals surface area contributed by atoms with Crippen LogP contribution in [-0.4, -0.2) is 40.9 Å². The molecule has 0 spiro atoms. The van der Waals surface area contributed by atoms with Gasteiger partial charge in [-0.2, -0.15) is 0 Å². The molecule has 1 aliphatic rings. The Balaban J connectivity index is 2.01. The van der Waals surface area contributed by atoms with E-state index >= 15 is 0 Å². The molecule has 106 valence electrons. The van der Waals surface area contributed by atoms with Crippen molar-refractivity contribution in [1.82, 2.24) is 4.90 Å². The van der Waals surface area contributed by atoms with Gasteiger partial charge in [0, 0.05) is 18.7 Å². The van der Waals surface area contributed by atoms with Crippen LogP contribution >= 0.6 is 0 Å². The monoisotopic (exact) mass is 271 g/mol. The number of rotatable bonds is 3. The molecule has 1 heterocycles. The van der Waals surface area contributed by atoms with E-state index in [0.29, 0.717) is 6.54 Å². The van der Waals surface area contributed by atoms with Crippen molar-refractivity contribution in [2.75, 3.05) is 19.6 Å². The lowest BCUT2D eigenvalue weighted by atomic mass is 9.95. The molecule has 3 unspecified atom stereocenters. The highest BCUT2D eigenvalue weighted by Gasteiger charge is 2.26. The summed E-state index contributed by atoms with van der Waals surface area (Å²) in [5.74, 6) is -0.943. The van der Waals surface area contributed by atoms with E-state index in [1.807, 2.05) is 11.8 Å². The van der Waals surface area contributed by atoms with Gasteiger partial charge in [-0.05, 0) is 37.1 Å². The minimum atomic E-state index is -1.09. The molecule has 1 saturated heterocycles. The molecule has 0 aliphatic carbocycles. The van der Waals surface area contributed by atoms with Gasteiger partial charge in [0.05, 0.1) is 12.2 Å². The normalized spacial score (nSPS) is 26.4. The Hall–Kier alpha value is -1.04. The van der Waals surface area contributed by atoms with Crippen molar-refractivity contribution in [3.63, 3.8) is 0 Å². The number of aliphatic hydroxyl groups is 2. The molecule has 1 aromatic carbocycles. The first kappa shape index (κ1) is 14.4. The number of hydrogen-bond acceptors (Lipinski definition) is 3. The van der Waals surface area contributed by atoms with Crippen molar-refractivity contribution in [3.05, 3.63) is 35.4 Å². The first-order valence-electron chi connectivity index (χ1n) is 6.51. The molecule has 1 aromatic rings. The largest absolute Gasteiger partial charge is 0.392 e. The summed E-state index contributed by atoms with van der Waals surface area (Å²) in [5, 5.41) is 19.8. The standard InChI is InChI=1S/C14H19F2NO2/c1-9-4-5-17(7-13(9)18)8-14(19)11-6-10(15)2-3-12(11)16/h2-3,6,9,13-14,18-19H,4-5,7-8H2,1H3. The molecule has 3 nitrogen and oxygen atoms in total. The minimum Gasteiger partial charge on any atom is -0.392 e. The second kappa shape index (κ2) is 5.94. The number of piperidine rings is 1. The number of aliphatic hydroxyl groups excluding tert-OH is 2. The van der Waals surface area contributed by atoms with Crippen molar-refractivity contribution in [2.45, 2.75) is 25.6 Å². The molecule has 3 atom stereocenters. The Morgan fingerprint density at radius 3 is 2.84 bits per heavy atom. The lowest BCUT2D eigenvalue weighted by molar-refractivity contribution is 0.00800. The van der Waals surface area contributed by atoms with E-state index in [1.54, 1.807) is 0 Å². The Kier molecular flexibility index (Phi) is 4.50. The van der Waals surface area contributed by atoms with E-state index in [4.69, 9.17) is 0 Å². The van der Waals surface area contributed by atoms with Crippen LogP contribution in [-0.2, 0) is 0 Å². The van der Waals surface area contributed by atoms with Crippen LogP contribution in [0.1, 0.15) is 25.0 Å². The van der Waals surface area contributed by atoms with Crippen LogP contribution in [0.3, 0.4) is 0 Å². The van der Waals surface area contributed by atoms with E-state index in [1.165, 1.54) is 0 Å². The Morgan fingerprint density at radius 2 is 2.16 bits per heavy atom. The van der Waals surface area contributed by atoms with Crippen molar-refractivity contribution >= 4 is 0 Å². The molecule has 0 aromatic heterocycles. The van der Waals surface area contributed by atoms with Crippen LogP contribution in [0.2, 0.25) is 0 Å². The quantitative estimate of drug-likeness (QED) is 0.879. The third-order valence-electron chi connectivity index (χ3n) is 3.75. The lowest BCUT2D eigenvalue weighted by Gasteiger charge is -2.35. The zero-order valence-corrected chi connectivity index (χ0v) is 10.9. The summed E-state index contributed by atoms with van der Waals surface area (Å²) in [6, 6.07) is 3.06. The van der Waals surface area contributed by atoms with Crippen molar-refractivity contribution < 1.29 is 19.0 Å². The summed E-state index contributed by atoms with van der Waals surface area (Å²) >= 11 is 0. The summed E-state index contributed by atoms with van der Waals surface area (Å²) in [6.45, 7) is 3.37. The lowest BCUT2D eigenvalue weighted by Crippen LogP contribution is -2.44. The van der Waals surface area contributed by atoms with Gasteiger partial charge in [0.2, 0.25) is 0 Å². The van der Waals surface area contributed by atoms with Crippen LogP contribution < -0.4 is 0 Å². The van der Waals surface area contributed by atoms with Gasteiger partial charge in [-0.3, -0.25) is 4.90 Å². The molecule has 0 bridgehead atoms. The highest BCUT2D eigenvalue weighted by molar-refractivity contribution is 5.21. The van der Waals surface area contributed by atoms with Gasteiger partial charge >= 0.3 is 0 Å². The topological polar surface area (TPSA) is 43.7 Å². The van der Waals surface area contributed by atoms with E-state index in [9.17, 15) is 19.0 Å². The Morgan fingerprint density at radius 1 is 1.42 bits per heavy atom. The maximum Gasteiger partial charge on any atom is 0.129 e. The molecule has 1 aliphatic heterocycles. The number of benzene rings is 1. The van der Waals surface area contributed by atoms with E-state index in [2.05, 4.69) is 0 Å². The number of hydrogen-bond donors (Lipinski definition) is 2. The average Bonchev–Trinajstić information content (AvgIpc) is 2.36. The zero-order valence-electron chi connectivity index (χ0n) is 10.9. The smallest absolute Gasteiger partial charge is 0.129 e. The molecule has 0 amide bonds. The first-order valence-corrected chi connectivity index (χ1v) is 6.51. The predicted molar refractivity (Wildman–Crippen MR) is 67.5 cm³/mol. The van der Waals surface area contributed by atoms with E-state index in [-0.39, 0.29) is 18.0 Å². The number of likely N-dealkylation sites (tertiary alicyclic amines) is 1. The molecule has 0 saturated carbocycles. The van der Waals surface area contributed by atoms with Crippen molar-refractivity contribution in [3.8, 4) is 0 Å². The predicted octanol–water partition coefficient (Wildman–Crippen LogP) is 1.70. The summed E-state index contributed by atoms with van der Waals surface area (Å²) in [4.78, 5) is 1.87. The fourth-order valence-electron chi connectivity index (χ4n) is 2.39. The highest BCUT2D eigenvalue weighted by atomic mass is 19.1. The van der Waals surface area contributed by atoms with Gasteiger partial charge < -0.3 is 10.2 Å². The third kappa shape index (κ3) is 3.49. The van der Waals surface area contributed by atoms with Crippen LogP contribution in [0, 0.1) is 17.6 Å². The first-order chi connectivity index (χ1) is 8.97. The van der Waals surface area contributed by atoms with Crippen LogP contribution in [0.25, 0.3) is 0 Å². The van der Waals surface area contributed by atoms with Crippen molar-refractivity contribution in [1.29, 1.82) is 0 Å². The SMILES string of the molecule is CC1CCN(CC(O)c2cc(F)ccc2F)CC1O. The molecular formula is C14H19F2NO2. The van der Waals surface area contributed by atoms with Crippen LogP contribution in [0.15, 0.2) is 18.2 Å². The zero-order chi connectivity index (χ0) is 14.0. The fourth-order valence-corrected chi connectivity index (χ4v) is 2.39. The maximum absolute atomic E-state index is 13.5. The molecule has 2 rings (SSSR count). The summed E-state index contributed by atoms with van der Waals surface area (Å²) in [5.41, 5.74) is -0.0342. The molecule has 19 heavy (non-hydrogen) atoms. The summed E-state index contributed by atoms with van der Waals surface area (Å²) in [7, 11) is 0. The van der Waals surface area contributed by atoms with Gasteiger partial charge in [-0.1, -0.05) is 6.92 Å². The van der Waals surface area contributed by atoms with Crippen LogP contribution in [0.5, 0.6) is 0 Å². The number of nitrogens with zero attached hydrogens (tertiary/aromatic N) is 1. The van der Waals surface area contributed by atoms with E-state index in [0.717, 1.165) is 31.2 Å². The summed E-state index contributed by atoms with van der Waals surface area (Å²) < 4.78 is 26.6. The Bertz CT molecular complexity index is 441. The highest BCUT2D eigenvalue weighted by Crippen LogP contribution is 2.22. The Labute approximate surface area is 111 Å². The van der Waals surface area contributed by atoms with Gasteiger partial charge in [0.1, 0.15) is 11.6 Å². The minimum absolute atomic E-state index is 0.0342.